The van der Waals surface area contributed by atoms with Crippen molar-refractivity contribution < 1.29 is 14.0 Å². The lowest BCUT2D eigenvalue weighted by molar-refractivity contribution is 0.284. The Kier molecular flexibility index (Phi) is 5.37. The number of aryl methyl sites for hydroxylation is 1. The molecule has 0 saturated heterocycles. The number of benzene rings is 2. The van der Waals surface area contributed by atoms with Gasteiger partial charge < -0.3 is 14.0 Å². The highest BCUT2D eigenvalue weighted by Gasteiger charge is 2.12. The Morgan fingerprint density at radius 1 is 1.12 bits per heavy atom. The van der Waals surface area contributed by atoms with Crippen molar-refractivity contribution in [3.8, 4) is 22.9 Å². The van der Waals surface area contributed by atoms with E-state index in [0.717, 1.165) is 16.7 Å². The smallest absolute Gasteiger partial charge is 0.250 e. The Bertz CT molecular complexity index is 925. The van der Waals surface area contributed by atoms with Gasteiger partial charge in [-0.3, -0.25) is 0 Å². The van der Waals surface area contributed by atoms with Gasteiger partial charge in [-0.25, -0.2) is 0 Å². The summed E-state index contributed by atoms with van der Waals surface area (Å²) >= 11 is 0. The van der Waals surface area contributed by atoms with Crippen molar-refractivity contribution in [1.29, 1.82) is 0 Å². The normalized spacial score (nSPS) is 10.5. The topological polar surface area (TPSA) is 57.4 Å². The molecule has 0 spiro atoms. The van der Waals surface area contributed by atoms with E-state index in [4.69, 9.17) is 14.0 Å². The molecule has 0 radical (unpaired) electrons. The third kappa shape index (κ3) is 4.11. The molecule has 0 bridgehead atoms. The van der Waals surface area contributed by atoms with Crippen LogP contribution < -0.4 is 9.47 Å². The maximum atomic E-state index is 5.94. The maximum Gasteiger partial charge on any atom is 0.250 e. The van der Waals surface area contributed by atoms with Crippen LogP contribution in [0.25, 0.3) is 17.5 Å². The minimum absolute atomic E-state index is 0.481. The van der Waals surface area contributed by atoms with Gasteiger partial charge in [0.25, 0.3) is 5.89 Å². The number of nitrogens with zero attached hydrogens (tertiary/aromatic N) is 2. The summed E-state index contributed by atoms with van der Waals surface area (Å²) in [6.07, 6.45) is 1.84. The summed E-state index contributed by atoms with van der Waals surface area (Å²) in [4.78, 5) is 4.38. The highest BCUT2D eigenvalue weighted by atomic mass is 16.5. The molecule has 0 N–H and O–H groups in total. The molecule has 134 valence electrons. The Labute approximate surface area is 153 Å². The molecule has 0 saturated carbocycles. The van der Waals surface area contributed by atoms with E-state index >= 15 is 0 Å². The largest absolute Gasteiger partial charge is 0.493 e. The van der Waals surface area contributed by atoms with Gasteiger partial charge >= 0.3 is 0 Å². The number of allylic oxidation sites excluding steroid dienone is 1. The van der Waals surface area contributed by atoms with Gasteiger partial charge in [-0.2, -0.15) is 4.98 Å². The van der Waals surface area contributed by atoms with E-state index in [2.05, 4.69) is 29.2 Å². The predicted octanol–water partition coefficient (Wildman–Crippen LogP) is 5.06. The van der Waals surface area contributed by atoms with Gasteiger partial charge in [-0.05, 0) is 50.1 Å². The average Bonchev–Trinajstić information content (AvgIpc) is 3.08. The lowest BCUT2D eigenvalue weighted by Crippen LogP contribution is -1.99. The van der Waals surface area contributed by atoms with Crippen molar-refractivity contribution in [3.63, 3.8) is 0 Å². The summed E-state index contributed by atoms with van der Waals surface area (Å²) in [5.41, 5.74) is 4.24. The van der Waals surface area contributed by atoms with E-state index in [1.165, 1.54) is 5.56 Å². The zero-order valence-corrected chi connectivity index (χ0v) is 15.4. The van der Waals surface area contributed by atoms with Crippen LogP contribution in [0.5, 0.6) is 11.5 Å². The second-order valence-electron chi connectivity index (χ2n) is 6.26. The van der Waals surface area contributed by atoms with Gasteiger partial charge in [-0.1, -0.05) is 35.0 Å². The number of methoxy groups -OCH3 is 1. The first-order valence-corrected chi connectivity index (χ1v) is 8.41. The molecule has 0 atom stereocenters. The first-order chi connectivity index (χ1) is 12.6. The first-order valence-electron chi connectivity index (χ1n) is 8.41. The van der Waals surface area contributed by atoms with Crippen LogP contribution in [-0.2, 0) is 6.61 Å². The van der Waals surface area contributed by atoms with Crippen LogP contribution in [-0.4, -0.2) is 17.3 Å². The SMILES string of the molecule is COc1cc(-c2noc(C=C(C)C)n2)ccc1OCc1ccccc1C. The molecule has 5 nitrogen and oxygen atoms in total. The van der Waals surface area contributed by atoms with E-state index < -0.39 is 0 Å². The summed E-state index contributed by atoms with van der Waals surface area (Å²) in [5.74, 6) is 2.30. The van der Waals surface area contributed by atoms with Crippen molar-refractivity contribution in [2.24, 2.45) is 0 Å². The Morgan fingerprint density at radius 3 is 2.65 bits per heavy atom. The minimum atomic E-state index is 0.481. The van der Waals surface area contributed by atoms with Crippen molar-refractivity contribution in [1.82, 2.24) is 10.1 Å². The Hall–Kier alpha value is -3.08. The molecule has 0 aliphatic carbocycles. The quantitative estimate of drug-likeness (QED) is 0.622. The number of rotatable bonds is 6. The van der Waals surface area contributed by atoms with Crippen LogP contribution in [0.3, 0.4) is 0 Å². The second-order valence-corrected chi connectivity index (χ2v) is 6.26. The van der Waals surface area contributed by atoms with Gasteiger partial charge in [0.2, 0.25) is 5.82 Å². The van der Waals surface area contributed by atoms with Crippen LogP contribution in [0.15, 0.2) is 52.6 Å². The standard InChI is InChI=1S/C21H22N2O3/c1-14(2)11-20-22-21(23-26-20)16-9-10-18(19(12-16)24-4)25-13-17-8-6-5-7-15(17)3/h5-12H,13H2,1-4H3. The third-order valence-corrected chi connectivity index (χ3v) is 3.92. The number of ether oxygens (including phenoxy) is 2. The summed E-state index contributed by atoms with van der Waals surface area (Å²) in [7, 11) is 1.62. The fourth-order valence-electron chi connectivity index (χ4n) is 2.51. The first kappa shape index (κ1) is 17.7. The van der Waals surface area contributed by atoms with Gasteiger partial charge in [-0.15, -0.1) is 0 Å². The minimum Gasteiger partial charge on any atom is -0.493 e. The molecule has 1 aromatic heterocycles. The molecule has 0 unspecified atom stereocenters. The lowest BCUT2D eigenvalue weighted by Gasteiger charge is -2.12. The molecule has 0 fully saturated rings. The van der Waals surface area contributed by atoms with Crippen LogP contribution >= 0.6 is 0 Å². The Morgan fingerprint density at radius 2 is 1.92 bits per heavy atom. The predicted molar refractivity (Wildman–Crippen MR) is 101 cm³/mol. The second kappa shape index (κ2) is 7.87. The van der Waals surface area contributed by atoms with Crippen LogP contribution in [0.4, 0.5) is 0 Å². The molecule has 5 heteroatoms. The van der Waals surface area contributed by atoms with E-state index in [1.54, 1.807) is 7.11 Å². The third-order valence-electron chi connectivity index (χ3n) is 3.92. The fraction of sp³-hybridized carbons (Fsp3) is 0.238. The molecule has 0 aliphatic rings. The molecule has 2 aromatic carbocycles. The van der Waals surface area contributed by atoms with E-state index in [0.29, 0.717) is 29.8 Å². The van der Waals surface area contributed by atoms with E-state index in [-0.39, 0.29) is 0 Å². The maximum absolute atomic E-state index is 5.94. The number of aromatic nitrogens is 2. The summed E-state index contributed by atoms with van der Waals surface area (Å²) in [6.45, 7) is 6.51. The van der Waals surface area contributed by atoms with E-state index in [1.807, 2.05) is 50.3 Å². The van der Waals surface area contributed by atoms with E-state index in [9.17, 15) is 0 Å². The Balaban J connectivity index is 1.80. The molecule has 26 heavy (non-hydrogen) atoms. The number of hydrogen-bond acceptors (Lipinski definition) is 5. The van der Waals surface area contributed by atoms with Crippen molar-refractivity contribution >= 4 is 6.08 Å². The summed E-state index contributed by atoms with van der Waals surface area (Å²) < 4.78 is 16.7. The summed E-state index contributed by atoms with van der Waals surface area (Å²) in [6, 6.07) is 13.8. The van der Waals surface area contributed by atoms with Crippen molar-refractivity contribution in [3.05, 3.63) is 65.1 Å². The molecular formula is C21H22N2O3. The van der Waals surface area contributed by atoms with Gasteiger partial charge in [0.1, 0.15) is 6.61 Å². The molecule has 3 aromatic rings. The summed E-state index contributed by atoms with van der Waals surface area (Å²) in [5, 5.41) is 4.02. The highest BCUT2D eigenvalue weighted by Crippen LogP contribution is 2.32. The lowest BCUT2D eigenvalue weighted by atomic mass is 10.1. The molecule has 0 amide bonds. The molecule has 0 aliphatic heterocycles. The van der Waals surface area contributed by atoms with Crippen LogP contribution in [0, 0.1) is 6.92 Å². The monoisotopic (exact) mass is 350 g/mol. The van der Waals surface area contributed by atoms with Crippen molar-refractivity contribution in [2.75, 3.05) is 7.11 Å². The van der Waals surface area contributed by atoms with Gasteiger partial charge in [0.05, 0.1) is 7.11 Å². The highest BCUT2D eigenvalue weighted by molar-refractivity contribution is 5.61. The van der Waals surface area contributed by atoms with Crippen LogP contribution in [0.1, 0.15) is 30.9 Å². The van der Waals surface area contributed by atoms with Crippen LogP contribution in [0.2, 0.25) is 0 Å². The average molecular weight is 350 g/mol. The van der Waals surface area contributed by atoms with Crippen molar-refractivity contribution in [2.45, 2.75) is 27.4 Å². The zero-order chi connectivity index (χ0) is 18.5. The van der Waals surface area contributed by atoms with Gasteiger partial charge in [0.15, 0.2) is 11.5 Å². The molecule has 3 rings (SSSR count). The molecule has 1 heterocycles. The number of hydrogen-bond donors (Lipinski definition) is 0. The van der Waals surface area contributed by atoms with Gasteiger partial charge in [0, 0.05) is 11.6 Å². The fourth-order valence-corrected chi connectivity index (χ4v) is 2.51. The zero-order valence-electron chi connectivity index (χ0n) is 15.4. The molecular weight excluding hydrogens is 328 g/mol.